The summed E-state index contributed by atoms with van der Waals surface area (Å²) in [6.45, 7) is 8.32. The quantitative estimate of drug-likeness (QED) is 0.386. The number of hydrogen-bond donors (Lipinski definition) is 1. The van der Waals surface area contributed by atoms with Gasteiger partial charge in [0, 0.05) is 17.1 Å². The Labute approximate surface area is 191 Å². The molecule has 1 aliphatic heterocycles. The van der Waals surface area contributed by atoms with Crippen molar-refractivity contribution in [3.05, 3.63) is 84.4 Å². The summed E-state index contributed by atoms with van der Waals surface area (Å²) >= 11 is 4.35. The normalized spacial score (nSPS) is 17.0. The summed E-state index contributed by atoms with van der Waals surface area (Å²) in [5, 5.41) is 0. The van der Waals surface area contributed by atoms with Crippen molar-refractivity contribution < 1.29 is 9.31 Å². The standard InChI is InChI=1S/C26H30BNO2S/c1-25(2)26(3,4)30-27(29-25)21-12-16-24(17-13-21)28(22-8-6-5-7-9-22)23-14-10-20(11-15-23)18-19-31/h5-17,31H,18-19H2,1-4H3. The molecule has 1 fully saturated rings. The zero-order valence-corrected chi connectivity index (χ0v) is 19.6. The van der Waals surface area contributed by atoms with Gasteiger partial charge in [-0.15, -0.1) is 0 Å². The van der Waals surface area contributed by atoms with Crippen molar-refractivity contribution >= 4 is 42.3 Å². The van der Waals surface area contributed by atoms with E-state index in [4.69, 9.17) is 9.31 Å². The lowest BCUT2D eigenvalue weighted by Gasteiger charge is -2.32. The number of aryl methyl sites for hydroxylation is 1. The molecule has 0 spiro atoms. The number of thiol groups is 1. The van der Waals surface area contributed by atoms with Crippen LogP contribution >= 0.6 is 12.6 Å². The lowest BCUT2D eigenvalue weighted by Crippen LogP contribution is -2.41. The molecule has 0 unspecified atom stereocenters. The van der Waals surface area contributed by atoms with Crippen LogP contribution in [0.3, 0.4) is 0 Å². The summed E-state index contributed by atoms with van der Waals surface area (Å²) < 4.78 is 12.4. The van der Waals surface area contributed by atoms with Crippen molar-refractivity contribution in [2.24, 2.45) is 0 Å². The number of hydrogen-bond acceptors (Lipinski definition) is 4. The van der Waals surface area contributed by atoms with Crippen LogP contribution in [-0.2, 0) is 15.7 Å². The molecule has 3 nitrogen and oxygen atoms in total. The lowest BCUT2D eigenvalue weighted by molar-refractivity contribution is 0.00578. The minimum atomic E-state index is -0.357. The molecule has 1 saturated heterocycles. The van der Waals surface area contributed by atoms with E-state index in [-0.39, 0.29) is 18.3 Å². The van der Waals surface area contributed by atoms with Crippen LogP contribution in [-0.4, -0.2) is 24.1 Å². The van der Waals surface area contributed by atoms with Gasteiger partial charge in [0.2, 0.25) is 0 Å². The van der Waals surface area contributed by atoms with Crippen LogP contribution in [0.15, 0.2) is 78.9 Å². The highest BCUT2D eigenvalue weighted by Gasteiger charge is 2.51. The monoisotopic (exact) mass is 431 g/mol. The molecule has 0 aliphatic carbocycles. The molecule has 1 heterocycles. The second kappa shape index (κ2) is 8.74. The van der Waals surface area contributed by atoms with Crippen molar-refractivity contribution in [1.29, 1.82) is 0 Å². The first-order chi connectivity index (χ1) is 14.8. The Balaban J connectivity index is 1.65. The summed E-state index contributed by atoms with van der Waals surface area (Å²) in [5.74, 6) is 0.849. The first-order valence-corrected chi connectivity index (χ1v) is 11.4. The summed E-state index contributed by atoms with van der Waals surface area (Å²) in [7, 11) is -0.357. The number of rotatable bonds is 6. The molecular formula is C26H30BNO2S. The van der Waals surface area contributed by atoms with E-state index < -0.39 is 0 Å². The van der Waals surface area contributed by atoms with Gasteiger partial charge in [-0.2, -0.15) is 12.6 Å². The van der Waals surface area contributed by atoms with Gasteiger partial charge in [-0.1, -0.05) is 42.5 Å². The summed E-state index contributed by atoms with van der Waals surface area (Å²) in [4.78, 5) is 2.26. The van der Waals surface area contributed by atoms with Gasteiger partial charge in [-0.25, -0.2) is 0 Å². The van der Waals surface area contributed by atoms with Gasteiger partial charge in [0.1, 0.15) is 0 Å². The molecule has 0 N–H and O–H groups in total. The highest BCUT2D eigenvalue weighted by atomic mass is 32.1. The number of benzene rings is 3. The first kappa shape index (κ1) is 22.0. The van der Waals surface area contributed by atoms with Crippen molar-refractivity contribution in [3.63, 3.8) is 0 Å². The fourth-order valence-electron chi connectivity index (χ4n) is 3.72. The third-order valence-corrected chi connectivity index (χ3v) is 6.51. The fourth-order valence-corrected chi connectivity index (χ4v) is 3.98. The van der Waals surface area contributed by atoms with Crippen LogP contribution in [0.2, 0.25) is 0 Å². The Morgan fingerprint density at radius 3 is 1.71 bits per heavy atom. The molecule has 0 bridgehead atoms. The van der Waals surface area contributed by atoms with Gasteiger partial charge in [0.15, 0.2) is 0 Å². The van der Waals surface area contributed by atoms with Crippen LogP contribution in [0.4, 0.5) is 17.1 Å². The second-order valence-corrected chi connectivity index (χ2v) is 9.44. The molecule has 4 rings (SSSR count). The SMILES string of the molecule is CC1(C)OB(c2ccc(N(c3ccccc3)c3ccc(CCS)cc3)cc2)OC1(C)C. The van der Waals surface area contributed by atoms with E-state index in [0.717, 1.165) is 34.7 Å². The summed E-state index contributed by atoms with van der Waals surface area (Å²) in [6.07, 6.45) is 0.970. The van der Waals surface area contributed by atoms with Crippen molar-refractivity contribution in [2.45, 2.75) is 45.3 Å². The Hall–Kier alpha value is -2.21. The topological polar surface area (TPSA) is 21.7 Å². The van der Waals surface area contributed by atoms with E-state index in [1.165, 1.54) is 5.56 Å². The molecule has 160 valence electrons. The van der Waals surface area contributed by atoms with Crippen LogP contribution in [0.25, 0.3) is 0 Å². The molecule has 0 atom stereocenters. The predicted octanol–water partition coefficient (Wildman–Crippen LogP) is 5.93. The smallest absolute Gasteiger partial charge is 0.399 e. The number of anilines is 3. The zero-order chi connectivity index (χ0) is 22.1. The average molecular weight is 431 g/mol. The van der Waals surface area contributed by atoms with Crippen LogP contribution in [0.5, 0.6) is 0 Å². The van der Waals surface area contributed by atoms with E-state index in [1.807, 2.05) is 6.07 Å². The molecule has 5 heteroatoms. The molecule has 0 radical (unpaired) electrons. The molecule has 0 saturated carbocycles. The molecule has 3 aromatic carbocycles. The minimum Gasteiger partial charge on any atom is -0.399 e. The largest absolute Gasteiger partial charge is 0.494 e. The van der Waals surface area contributed by atoms with Crippen LogP contribution in [0, 0.1) is 0 Å². The van der Waals surface area contributed by atoms with Crippen LogP contribution in [0.1, 0.15) is 33.3 Å². The molecular weight excluding hydrogens is 401 g/mol. The maximum Gasteiger partial charge on any atom is 0.494 e. The maximum absolute atomic E-state index is 6.21. The predicted molar refractivity (Wildman–Crippen MR) is 134 cm³/mol. The van der Waals surface area contributed by atoms with Crippen molar-refractivity contribution in [3.8, 4) is 0 Å². The molecule has 1 aliphatic rings. The van der Waals surface area contributed by atoms with Gasteiger partial charge < -0.3 is 14.2 Å². The van der Waals surface area contributed by atoms with Gasteiger partial charge in [-0.05, 0) is 87.3 Å². The van der Waals surface area contributed by atoms with Gasteiger partial charge >= 0.3 is 7.12 Å². The summed E-state index contributed by atoms with van der Waals surface area (Å²) in [5.41, 5.74) is 4.96. The summed E-state index contributed by atoms with van der Waals surface area (Å²) in [6, 6.07) is 27.6. The van der Waals surface area contributed by atoms with E-state index >= 15 is 0 Å². The van der Waals surface area contributed by atoms with E-state index in [2.05, 4.69) is 118 Å². The van der Waals surface area contributed by atoms with Crippen molar-refractivity contribution in [2.75, 3.05) is 10.7 Å². The zero-order valence-electron chi connectivity index (χ0n) is 18.7. The lowest BCUT2D eigenvalue weighted by atomic mass is 9.79. The number of nitrogens with zero attached hydrogens (tertiary/aromatic N) is 1. The van der Waals surface area contributed by atoms with E-state index in [9.17, 15) is 0 Å². The van der Waals surface area contributed by atoms with E-state index in [0.29, 0.717) is 0 Å². The Morgan fingerprint density at radius 1 is 0.710 bits per heavy atom. The first-order valence-electron chi connectivity index (χ1n) is 10.8. The third-order valence-electron chi connectivity index (χ3n) is 6.29. The van der Waals surface area contributed by atoms with Crippen LogP contribution < -0.4 is 10.4 Å². The Morgan fingerprint density at radius 2 is 1.19 bits per heavy atom. The highest BCUT2D eigenvalue weighted by Crippen LogP contribution is 2.37. The second-order valence-electron chi connectivity index (χ2n) is 8.99. The third kappa shape index (κ3) is 4.54. The fraction of sp³-hybridized carbons (Fsp3) is 0.308. The Bertz CT molecular complexity index is 988. The maximum atomic E-state index is 6.21. The minimum absolute atomic E-state index is 0.346. The molecule has 3 aromatic rings. The highest BCUT2D eigenvalue weighted by molar-refractivity contribution is 7.80. The van der Waals surface area contributed by atoms with Gasteiger partial charge in [-0.3, -0.25) is 0 Å². The van der Waals surface area contributed by atoms with E-state index in [1.54, 1.807) is 0 Å². The van der Waals surface area contributed by atoms with Gasteiger partial charge in [0.05, 0.1) is 11.2 Å². The number of para-hydroxylation sites is 1. The molecule has 0 amide bonds. The Kier molecular flexibility index (Phi) is 6.20. The van der Waals surface area contributed by atoms with Crippen molar-refractivity contribution in [1.82, 2.24) is 0 Å². The van der Waals surface area contributed by atoms with Gasteiger partial charge in [0.25, 0.3) is 0 Å². The molecule has 31 heavy (non-hydrogen) atoms. The molecule has 0 aromatic heterocycles. The average Bonchev–Trinajstić information content (AvgIpc) is 2.98.